The molecule has 3 amide bonds. The van der Waals surface area contributed by atoms with E-state index < -0.39 is 11.8 Å². The number of hydrogen-bond acceptors (Lipinski definition) is 6. The highest BCUT2D eigenvalue weighted by atomic mass is 35.5. The third-order valence-electron chi connectivity index (χ3n) is 4.48. The number of benzene rings is 2. The van der Waals surface area contributed by atoms with Gasteiger partial charge in [-0.15, -0.1) is 0 Å². The number of nitrogens with two attached hydrogens (primary N) is 1. The van der Waals surface area contributed by atoms with Gasteiger partial charge in [-0.1, -0.05) is 17.7 Å². The molecule has 2 aromatic carbocycles. The molecule has 0 saturated heterocycles. The zero-order chi connectivity index (χ0) is 23.7. The molecule has 10 heteroatoms. The molecule has 0 fully saturated rings. The Bertz CT molecular complexity index is 1050. The zero-order valence-corrected chi connectivity index (χ0v) is 18.4. The van der Waals surface area contributed by atoms with Gasteiger partial charge in [-0.05, 0) is 30.3 Å². The van der Waals surface area contributed by atoms with Crippen molar-refractivity contribution in [2.45, 2.75) is 6.54 Å². The average Bonchev–Trinajstić information content (AvgIpc) is 2.79. The number of carbonyl (C=O) groups excluding carboxylic acids is 3. The van der Waals surface area contributed by atoms with Crippen LogP contribution < -0.4 is 15.8 Å². The van der Waals surface area contributed by atoms with Gasteiger partial charge in [0.2, 0.25) is 5.91 Å². The minimum atomic E-state index is -0.707. The molecule has 0 aliphatic rings. The van der Waals surface area contributed by atoms with E-state index in [4.69, 9.17) is 26.8 Å². The molecule has 2 aromatic rings. The Balaban J connectivity index is 2.38. The predicted octanol–water partition coefficient (Wildman–Crippen LogP) is 1.72. The maximum absolute atomic E-state index is 13.2. The van der Waals surface area contributed by atoms with Crippen LogP contribution in [-0.4, -0.2) is 56.5 Å². The summed E-state index contributed by atoms with van der Waals surface area (Å²) in [7, 11) is 2.99. The SMILES string of the molecule is CNC(=O)COc1cc(C#N)ccc1CN(CCOC)C(=O)c1cc(Cl)cc(C(N)=O)c1. The molecule has 0 radical (unpaired) electrons. The average molecular weight is 459 g/mol. The summed E-state index contributed by atoms with van der Waals surface area (Å²) < 4.78 is 10.7. The van der Waals surface area contributed by atoms with E-state index in [-0.39, 0.29) is 48.4 Å². The molecule has 32 heavy (non-hydrogen) atoms. The summed E-state index contributed by atoms with van der Waals surface area (Å²) in [6.45, 7) is 0.318. The number of nitrogens with zero attached hydrogens (tertiary/aromatic N) is 2. The highest BCUT2D eigenvalue weighted by Crippen LogP contribution is 2.24. The van der Waals surface area contributed by atoms with Crippen molar-refractivity contribution in [2.24, 2.45) is 5.73 Å². The van der Waals surface area contributed by atoms with Gasteiger partial charge in [-0.2, -0.15) is 5.26 Å². The number of nitriles is 1. The van der Waals surface area contributed by atoms with E-state index in [1.807, 2.05) is 6.07 Å². The number of nitrogens with one attached hydrogen (secondary N) is 1. The smallest absolute Gasteiger partial charge is 0.257 e. The summed E-state index contributed by atoms with van der Waals surface area (Å²) >= 11 is 6.06. The summed E-state index contributed by atoms with van der Waals surface area (Å²) in [5, 5.41) is 11.8. The summed E-state index contributed by atoms with van der Waals surface area (Å²) in [4.78, 5) is 37.9. The van der Waals surface area contributed by atoms with Crippen molar-refractivity contribution in [3.05, 3.63) is 63.7 Å². The summed E-state index contributed by atoms with van der Waals surface area (Å²) in [6.07, 6.45) is 0. The van der Waals surface area contributed by atoms with E-state index in [2.05, 4.69) is 5.32 Å². The first kappa shape index (κ1) is 24.7. The second-order valence-electron chi connectivity index (χ2n) is 6.71. The molecule has 168 valence electrons. The van der Waals surface area contributed by atoms with Gasteiger partial charge in [0.05, 0.1) is 18.2 Å². The van der Waals surface area contributed by atoms with Crippen LogP contribution in [0.4, 0.5) is 0 Å². The van der Waals surface area contributed by atoms with Crippen LogP contribution >= 0.6 is 11.6 Å². The first-order valence-corrected chi connectivity index (χ1v) is 9.91. The molecule has 9 nitrogen and oxygen atoms in total. The van der Waals surface area contributed by atoms with Crippen LogP contribution in [0.5, 0.6) is 5.75 Å². The molecule has 0 heterocycles. The molecule has 0 atom stereocenters. The first-order chi connectivity index (χ1) is 15.3. The lowest BCUT2D eigenvalue weighted by Crippen LogP contribution is -2.34. The lowest BCUT2D eigenvalue weighted by molar-refractivity contribution is -0.122. The molecule has 2 rings (SSSR count). The van der Waals surface area contributed by atoms with E-state index in [0.29, 0.717) is 16.9 Å². The van der Waals surface area contributed by atoms with Gasteiger partial charge < -0.3 is 25.4 Å². The quantitative estimate of drug-likeness (QED) is 0.556. The van der Waals surface area contributed by atoms with Gasteiger partial charge in [-0.25, -0.2) is 0 Å². The van der Waals surface area contributed by atoms with E-state index >= 15 is 0 Å². The molecule has 0 spiro atoms. The third-order valence-corrected chi connectivity index (χ3v) is 4.70. The Hall–Kier alpha value is -3.61. The maximum atomic E-state index is 13.2. The highest BCUT2D eigenvalue weighted by Gasteiger charge is 2.20. The molecular formula is C22H23ClN4O5. The van der Waals surface area contributed by atoms with Crippen molar-refractivity contribution >= 4 is 29.3 Å². The lowest BCUT2D eigenvalue weighted by atomic mass is 10.1. The molecule has 0 aliphatic heterocycles. The van der Waals surface area contributed by atoms with Crippen molar-refractivity contribution in [3.63, 3.8) is 0 Å². The van der Waals surface area contributed by atoms with Gasteiger partial charge in [0.15, 0.2) is 6.61 Å². The van der Waals surface area contributed by atoms with E-state index in [9.17, 15) is 19.6 Å². The Kier molecular flexibility index (Phi) is 9.01. The number of primary amides is 1. The van der Waals surface area contributed by atoms with Crippen LogP contribution in [0.15, 0.2) is 36.4 Å². The summed E-state index contributed by atoms with van der Waals surface area (Å²) in [5.41, 5.74) is 6.55. The second kappa shape index (κ2) is 11.7. The summed E-state index contributed by atoms with van der Waals surface area (Å²) in [6, 6.07) is 11.0. The maximum Gasteiger partial charge on any atom is 0.257 e. The predicted molar refractivity (Wildman–Crippen MR) is 117 cm³/mol. The third kappa shape index (κ3) is 6.70. The Morgan fingerprint density at radius 3 is 2.53 bits per heavy atom. The van der Waals surface area contributed by atoms with Crippen LogP contribution in [0.1, 0.15) is 31.8 Å². The number of amides is 3. The van der Waals surface area contributed by atoms with Gasteiger partial charge in [0, 0.05) is 49.0 Å². The van der Waals surface area contributed by atoms with E-state index in [1.165, 1.54) is 43.3 Å². The number of ether oxygens (including phenoxy) is 2. The fraction of sp³-hybridized carbons (Fsp3) is 0.273. The minimum Gasteiger partial charge on any atom is -0.483 e. The van der Waals surface area contributed by atoms with Gasteiger partial charge in [0.25, 0.3) is 11.8 Å². The van der Waals surface area contributed by atoms with Crippen LogP contribution in [0.3, 0.4) is 0 Å². The monoisotopic (exact) mass is 458 g/mol. The summed E-state index contributed by atoms with van der Waals surface area (Å²) in [5.74, 6) is -1.16. The van der Waals surface area contributed by atoms with Crippen LogP contribution in [0.2, 0.25) is 5.02 Å². The number of carbonyl (C=O) groups is 3. The van der Waals surface area contributed by atoms with E-state index in [0.717, 1.165) is 0 Å². The zero-order valence-electron chi connectivity index (χ0n) is 17.7. The standard InChI is InChI=1S/C22H23ClN4O5/c1-26-20(28)13-32-19-7-14(11-24)3-4-15(19)12-27(5-6-31-2)22(30)17-8-16(21(25)29)9-18(23)10-17/h3-4,7-10H,5-6,12-13H2,1-2H3,(H2,25,29)(H,26,28). The number of halogens is 1. The normalized spacial score (nSPS) is 10.2. The molecule has 0 saturated carbocycles. The molecular weight excluding hydrogens is 436 g/mol. The topological polar surface area (TPSA) is 135 Å². The Morgan fingerprint density at radius 2 is 1.91 bits per heavy atom. The number of rotatable bonds is 10. The van der Waals surface area contributed by atoms with Gasteiger partial charge in [-0.3, -0.25) is 14.4 Å². The molecule has 0 aromatic heterocycles. The Labute approximate surface area is 190 Å². The van der Waals surface area contributed by atoms with Gasteiger partial charge >= 0.3 is 0 Å². The number of hydrogen-bond donors (Lipinski definition) is 2. The van der Waals surface area contributed by atoms with Crippen molar-refractivity contribution in [2.75, 3.05) is 33.9 Å². The van der Waals surface area contributed by atoms with E-state index in [1.54, 1.807) is 12.1 Å². The van der Waals surface area contributed by atoms with Crippen LogP contribution in [0, 0.1) is 11.3 Å². The lowest BCUT2D eigenvalue weighted by Gasteiger charge is -2.24. The second-order valence-corrected chi connectivity index (χ2v) is 7.14. The van der Waals surface area contributed by atoms with Gasteiger partial charge in [0.1, 0.15) is 5.75 Å². The highest BCUT2D eigenvalue weighted by molar-refractivity contribution is 6.31. The van der Waals surface area contributed by atoms with Crippen molar-refractivity contribution in [1.82, 2.24) is 10.2 Å². The Morgan fingerprint density at radius 1 is 1.19 bits per heavy atom. The molecule has 0 bridgehead atoms. The van der Waals surface area contributed by atoms with Crippen molar-refractivity contribution in [1.29, 1.82) is 5.26 Å². The van der Waals surface area contributed by atoms with Crippen LogP contribution in [0.25, 0.3) is 0 Å². The molecule has 0 aliphatic carbocycles. The minimum absolute atomic E-state index is 0.0927. The number of likely N-dealkylation sites (N-methyl/N-ethyl adjacent to an activating group) is 1. The molecule has 3 N–H and O–H groups in total. The molecule has 0 unspecified atom stereocenters. The first-order valence-electron chi connectivity index (χ1n) is 9.54. The number of methoxy groups -OCH3 is 1. The van der Waals surface area contributed by atoms with Crippen LogP contribution in [-0.2, 0) is 16.1 Å². The fourth-order valence-electron chi connectivity index (χ4n) is 2.80. The fourth-order valence-corrected chi connectivity index (χ4v) is 3.04. The van der Waals surface area contributed by atoms with Crippen molar-refractivity contribution in [3.8, 4) is 11.8 Å². The largest absolute Gasteiger partial charge is 0.483 e. The van der Waals surface area contributed by atoms with Crippen molar-refractivity contribution < 1.29 is 23.9 Å².